The highest BCUT2D eigenvalue weighted by atomic mass is 16.3. The minimum absolute atomic E-state index is 0.144. The Bertz CT molecular complexity index is 773. The van der Waals surface area contributed by atoms with E-state index in [9.17, 15) is 14.4 Å². The van der Waals surface area contributed by atoms with Crippen LogP contribution >= 0.6 is 0 Å². The van der Waals surface area contributed by atoms with E-state index in [0.29, 0.717) is 12.3 Å². The van der Waals surface area contributed by atoms with Gasteiger partial charge in [-0.3, -0.25) is 14.5 Å². The molecule has 0 radical (unpaired) electrons. The molecule has 0 unspecified atom stereocenters. The van der Waals surface area contributed by atoms with Gasteiger partial charge >= 0.3 is 6.03 Å². The van der Waals surface area contributed by atoms with Crippen molar-refractivity contribution in [2.45, 2.75) is 38.4 Å². The normalized spacial score (nSPS) is 17.9. The summed E-state index contributed by atoms with van der Waals surface area (Å²) in [5.74, 6) is 0.162. The molecule has 1 aromatic carbocycles. The van der Waals surface area contributed by atoms with E-state index < -0.39 is 12.1 Å². The summed E-state index contributed by atoms with van der Waals surface area (Å²) in [6, 6.07) is 11.4. The van der Waals surface area contributed by atoms with Gasteiger partial charge in [0.2, 0.25) is 5.91 Å². The Labute approximate surface area is 151 Å². The van der Waals surface area contributed by atoms with Gasteiger partial charge in [-0.2, -0.15) is 0 Å². The highest BCUT2D eigenvalue weighted by Gasteiger charge is 2.40. The molecular formula is C19H21N3O4. The zero-order valence-electron chi connectivity index (χ0n) is 14.5. The van der Waals surface area contributed by atoms with Crippen LogP contribution in [0.3, 0.4) is 0 Å². The number of nitrogens with zero attached hydrogens (tertiary/aromatic N) is 1. The number of hydrogen-bond acceptors (Lipinski definition) is 4. The second kappa shape index (κ2) is 7.86. The number of nitrogens with one attached hydrogen (secondary N) is 2. The van der Waals surface area contributed by atoms with Crippen LogP contribution in [0.2, 0.25) is 0 Å². The molecule has 1 aliphatic heterocycles. The molecule has 1 aromatic heterocycles. The first-order valence-corrected chi connectivity index (χ1v) is 8.54. The summed E-state index contributed by atoms with van der Waals surface area (Å²) in [6.45, 7) is 2.11. The molecule has 3 rings (SSSR count). The Balaban J connectivity index is 1.52. The molecule has 7 heteroatoms. The number of furan rings is 1. The lowest BCUT2D eigenvalue weighted by molar-refractivity contribution is -0.129. The first-order chi connectivity index (χ1) is 12.6. The molecule has 2 atom stereocenters. The predicted octanol–water partition coefficient (Wildman–Crippen LogP) is 2.36. The van der Waals surface area contributed by atoms with E-state index in [-0.39, 0.29) is 30.7 Å². The quantitative estimate of drug-likeness (QED) is 0.746. The van der Waals surface area contributed by atoms with Gasteiger partial charge in [0.05, 0.1) is 18.8 Å². The molecule has 1 fully saturated rings. The van der Waals surface area contributed by atoms with Gasteiger partial charge in [0, 0.05) is 6.42 Å². The van der Waals surface area contributed by atoms with Crippen LogP contribution in [0.1, 0.15) is 37.1 Å². The van der Waals surface area contributed by atoms with Gasteiger partial charge in [0.15, 0.2) is 0 Å². The van der Waals surface area contributed by atoms with Crippen molar-refractivity contribution in [3.63, 3.8) is 0 Å². The van der Waals surface area contributed by atoms with Crippen molar-refractivity contribution >= 4 is 17.8 Å². The van der Waals surface area contributed by atoms with Crippen molar-refractivity contribution in [1.29, 1.82) is 0 Å². The molecule has 2 N–H and O–H groups in total. The molecule has 0 aliphatic carbocycles. The van der Waals surface area contributed by atoms with Crippen molar-refractivity contribution in [1.82, 2.24) is 15.5 Å². The Morgan fingerprint density at radius 1 is 1.23 bits per heavy atom. The fourth-order valence-corrected chi connectivity index (χ4v) is 2.95. The minimum atomic E-state index is -0.678. The zero-order chi connectivity index (χ0) is 18.5. The molecule has 0 saturated carbocycles. The molecule has 1 saturated heterocycles. The second-order valence-corrected chi connectivity index (χ2v) is 6.19. The molecule has 26 heavy (non-hydrogen) atoms. The lowest BCUT2D eigenvalue weighted by Gasteiger charge is -2.21. The van der Waals surface area contributed by atoms with Gasteiger partial charge in [-0.1, -0.05) is 30.3 Å². The third-order valence-corrected chi connectivity index (χ3v) is 4.42. The van der Waals surface area contributed by atoms with Crippen molar-refractivity contribution in [2.24, 2.45) is 0 Å². The standard InChI is InChI=1S/C19H21N3O4/c1-13(14-6-3-2-4-7-14)22-18(24)16(21-19(22)25)9-10-17(23)20-12-15-8-5-11-26-15/h2-8,11,13,16H,9-10,12H2,1H3,(H,20,23)(H,21,25)/t13-,16+/m1/s1. The Morgan fingerprint density at radius 3 is 2.69 bits per heavy atom. The largest absolute Gasteiger partial charge is 0.467 e. The number of imide groups is 1. The minimum Gasteiger partial charge on any atom is -0.467 e. The van der Waals surface area contributed by atoms with Gasteiger partial charge in [-0.25, -0.2) is 4.79 Å². The summed E-state index contributed by atoms with van der Waals surface area (Å²) in [5, 5.41) is 5.39. The molecule has 2 aromatic rings. The lowest BCUT2D eigenvalue weighted by atomic mass is 10.1. The van der Waals surface area contributed by atoms with Crippen molar-refractivity contribution in [3.05, 3.63) is 60.1 Å². The maximum absolute atomic E-state index is 12.6. The Hall–Kier alpha value is -3.09. The van der Waals surface area contributed by atoms with E-state index in [4.69, 9.17) is 4.42 Å². The van der Waals surface area contributed by atoms with Gasteiger partial charge in [0.25, 0.3) is 5.91 Å². The third-order valence-electron chi connectivity index (χ3n) is 4.42. The van der Waals surface area contributed by atoms with Crippen LogP contribution in [-0.2, 0) is 16.1 Å². The van der Waals surface area contributed by atoms with Crippen LogP contribution in [0.4, 0.5) is 4.79 Å². The van der Waals surface area contributed by atoms with Crippen LogP contribution in [0.15, 0.2) is 53.1 Å². The van der Waals surface area contributed by atoms with E-state index >= 15 is 0 Å². The molecule has 2 heterocycles. The molecule has 1 aliphatic rings. The number of benzene rings is 1. The molecule has 0 bridgehead atoms. The van der Waals surface area contributed by atoms with Crippen LogP contribution in [0, 0.1) is 0 Å². The van der Waals surface area contributed by atoms with Crippen LogP contribution in [0.25, 0.3) is 0 Å². The van der Waals surface area contributed by atoms with Gasteiger partial charge < -0.3 is 15.1 Å². The first kappa shape index (κ1) is 17.7. The average molecular weight is 355 g/mol. The summed E-state index contributed by atoms with van der Waals surface area (Å²) in [4.78, 5) is 38.0. The molecule has 136 valence electrons. The SMILES string of the molecule is C[C@H](c1ccccc1)N1C(=O)N[C@@H](CCC(=O)NCc2ccco2)C1=O. The molecule has 4 amide bonds. The van der Waals surface area contributed by atoms with Crippen molar-refractivity contribution in [2.75, 3.05) is 0 Å². The summed E-state index contributed by atoms with van der Waals surface area (Å²) < 4.78 is 5.14. The average Bonchev–Trinajstić information content (AvgIpc) is 3.26. The summed E-state index contributed by atoms with van der Waals surface area (Å²) in [7, 11) is 0. The van der Waals surface area contributed by atoms with Crippen LogP contribution in [0.5, 0.6) is 0 Å². The zero-order valence-corrected chi connectivity index (χ0v) is 14.5. The predicted molar refractivity (Wildman–Crippen MR) is 93.8 cm³/mol. The maximum atomic E-state index is 12.6. The number of rotatable bonds is 7. The highest BCUT2D eigenvalue weighted by Crippen LogP contribution is 2.25. The first-order valence-electron chi connectivity index (χ1n) is 8.54. The number of amides is 4. The fraction of sp³-hybridized carbons (Fsp3) is 0.316. The summed E-state index contributed by atoms with van der Waals surface area (Å²) >= 11 is 0. The topological polar surface area (TPSA) is 91.7 Å². The smallest absolute Gasteiger partial charge is 0.325 e. The molecule has 0 spiro atoms. The number of carbonyl (C=O) groups is 3. The third kappa shape index (κ3) is 3.93. The van der Waals surface area contributed by atoms with Crippen LogP contribution in [-0.4, -0.2) is 28.8 Å². The number of hydrogen-bond donors (Lipinski definition) is 2. The number of carbonyl (C=O) groups excluding carboxylic acids is 3. The van der Waals surface area contributed by atoms with Crippen molar-refractivity contribution < 1.29 is 18.8 Å². The second-order valence-electron chi connectivity index (χ2n) is 6.19. The van der Waals surface area contributed by atoms with E-state index in [2.05, 4.69) is 10.6 Å². The maximum Gasteiger partial charge on any atom is 0.325 e. The van der Waals surface area contributed by atoms with Gasteiger partial charge in [-0.05, 0) is 31.0 Å². The molecule has 7 nitrogen and oxygen atoms in total. The lowest BCUT2D eigenvalue weighted by Crippen LogP contribution is -2.34. The van der Waals surface area contributed by atoms with Gasteiger partial charge in [0.1, 0.15) is 11.8 Å². The van der Waals surface area contributed by atoms with E-state index in [0.717, 1.165) is 5.56 Å². The number of urea groups is 1. The van der Waals surface area contributed by atoms with Crippen LogP contribution < -0.4 is 10.6 Å². The Morgan fingerprint density at radius 2 is 2.00 bits per heavy atom. The Kier molecular flexibility index (Phi) is 5.36. The summed E-state index contributed by atoms with van der Waals surface area (Å²) in [5.41, 5.74) is 0.882. The van der Waals surface area contributed by atoms with E-state index in [1.165, 1.54) is 11.2 Å². The highest BCUT2D eigenvalue weighted by molar-refractivity contribution is 6.04. The van der Waals surface area contributed by atoms with Gasteiger partial charge in [-0.15, -0.1) is 0 Å². The fourth-order valence-electron chi connectivity index (χ4n) is 2.95. The van der Waals surface area contributed by atoms with E-state index in [1.54, 1.807) is 12.1 Å². The van der Waals surface area contributed by atoms with E-state index in [1.807, 2.05) is 37.3 Å². The summed E-state index contributed by atoms with van der Waals surface area (Å²) in [6.07, 6.45) is 1.94. The van der Waals surface area contributed by atoms with Crippen molar-refractivity contribution in [3.8, 4) is 0 Å². The monoisotopic (exact) mass is 355 g/mol. The molecular weight excluding hydrogens is 334 g/mol.